The average molecular weight is 343 g/mol. The van der Waals surface area contributed by atoms with E-state index in [4.69, 9.17) is 14.2 Å². The number of hydrogen-bond acceptors (Lipinski definition) is 6. The van der Waals surface area contributed by atoms with E-state index >= 15 is 0 Å². The molecule has 132 valence electrons. The van der Waals surface area contributed by atoms with Gasteiger partial charge in [0.2, 0.25) is 5.60 Å². The van der Waals surface area contributed by atoms with Gasteiger partial charge in [-0.2, -0.15) is 0 Å². The smallest absolute Gasteiger partial charge is 0.351 e. The molecular weight excluding hydrogens is 322 g/mol. The van der Waals surface area contributed by atoms with Gasteiger partial charge in [0.1, 0.15) is 16.9 Å². The van der Waals surface area contributed by atoms with Gasteiger partial charge >= 0.3 is 11.9 Å². The van der Waals surface area contributed by atoms with Crippen LogP contribution in [-0.4, -0.2) is 35.2 Å². The van der Waals surface area contributed by atoms with Crippen LogP contribution in [0.4, 0.5) is 0 Å². The van der Waals surface area contributed by atoms with E-state index in [1.54, 1.807) is 24.4 Å². The standard InChI is InChI=1S/C19H21NO5/c1-18(2,3)25-17(22)19(7-8-19)24-14-11-13(16(21)23-4)10-12-6-5-9-20-15(12)14/h5-6,9-11H,7-8H2,1-4H3. The molecule has 0 aliphatic heterocycles. The third kappa shape index (κ3) is 3.57. The van der Waals surface area contributed by atoms with E-state index in [0.717, 1.165) is 5.39 Å². The van der Waals surface area contributed by atoms with Crippen molar-refractivity contribution < 1.29 is 23.8 Å². The number of carbonyl (C=O) groups excluding carboxylic acids is 2. The zero-order valence-electron chi connectivity index (χ0n) is 14.8. The van der Waals surface area contributed by atoms with Crippen molar-refractivity contribution in [2.45, 2.75) is 44.8 Å². The Bertz CT molecular complexity index is 833. The van der Waals surface area contributed by atoms with Crippen molar-refractivity contribution in [2.24, 2.45) is 0 Å². The van der Waals surface area contributed by atoms with Gasteiger partial charge in [-0.1, -0.05) is 6.07 Å². The van der Waals surface area contributed by atoms with E-state index in [1.165, 1.54) is 7.11 Å². The Morgan fingerprint density at radius 1 is 1.20 bits per heavy atom. The molecule has 2 aromatic rings. The summed E-state index contributed by atoms with van der Waals surface area (Å²) in [6.45, 7) is 5.45. The molecule has 6 heteroatoms. The number of esters is 2. The van der Waals surface area contributed by atoms with Gasteiger partial charge in [0.05, 0.1) is 12.7 Å². The summed E-state index contributed by atoms with van der Waals surface area (Å²) in [6.07, 6.45) is 2.78. The summed E-state index contributed by atoms with van der Waals surface area (Å²) >= 11 is 0. The molecule has 0 unspecified atom stereocenters. The average Bonchev–Trinajstić information content (AvgIpc) is 3.33. The molecule has 6 nitrogen and oxygen atoms in total. The molecule has 25 heavy (non-hydrogen) atoms. The molecule has 3 rings (SSSR count). The number of ether oxygens (including phenoxy) is 3. The summed E-state index contributed by atoms with van der Waals surface area (Å²) < 4.78 is 16.3. The van der Waals surface area contributed by atoms with Crippen LogP contribution in [0.5, 0.6) is 5.75 Å². The highest BCUT2D eigenvalue weighted by molar-refractivity contribution is 5.97. The summed E-state index contributed by atoms with van der Waals surface area (Å²) in [5.41, 5.74) is -0.667. The highest BCUT2D eigenvalue weighted by atomic mass is 16.6. The topological polar surface area (TPSA) is 74.7 Å². The van der Waals surface area contributed by atoms with Crippen LogP contribution < -0.4 is 4.74 Å². The predicted molar refractivity (Wildman–Crippen MR) is 91.5 cm³/mol. The largest absolute Gasteiger partial charge is 0.473 e. The fourth-order valence-electron chi connectivity index (χ4n) is 2.52. The van der Waals surface area contributed by atoms with Crippen molar-refractivity contribution in [3.05, 3.63) is 36.0 Å². The Kier molecular flexibility index (Phi) is 4.14. The molecule has 0 radical (unpaired) electrons. The number of hydrogen-bond donors (Lipinski definition) is 0. The van der Waals surface area contributed by atoms with Crippen molar-refractivity contribution in [3.8, 4) is 5.75 Å². The van der Waals surface area contributed by atoms with Crippen LogP contribution in [0.3, 0.4) is 0 Å². The number of nitrogens with zero attached hydrogens (tertiary/aromatic N) is 1. The van der Waals surface area contributed by atoms with E-state index in [2.05, 4.69) is 4.98 Å². The Morgan fingerprint density at radius 3 is 2.52 bits per heavy atom. The van der Waals surface area contributed by atoms with Gasteiger partial charge < -0.3 is 14.2 Å². The first-order valence-corrected chi connectivity index (χ1v) is 8.14. The van der Waals surface area contributed by atoms with Gasteiger partial charge in [0.15, 0.2) is 0 Å². The molecule has 0 spiro atoms. The first-order valence-electron chi connectivity index (χ1n) is 8.14. The maximum absolute atomic E-state index is 12.5. The van der Waals surface area contributed by atoms with Crippen LogP contribution in [0.25, 0.3) is 10.9 Å². The highest BCUT2D eigenvalue weighted by Gasteiger charge is 2.55. The lowest BCUT2D eigenvalue weighted by atomic mass is 10.1. The number of carbonyl (C=O) groups is 2. The third-order valence-electron chi connectivity index (χ3n) is 3.87. The predicted octanol–water partition coefficient (Wildman–Crippen LogP) is 3.27. The number of rotatable bonds is 4. The number of aromatic nitrogens is 1. The molecule has 1 saturated carbocycles. The van der Waals surface area contributed by atoms with Crippen molar-refractivity contribution >= 4 is 22.8 Å². The number of pyridine rings is 1. The second-order valence-corrected chi connectivity index (χ2v) is 7.14. The Hall–Kier alpha value is -2.63. The molecule has 1 aliphatic carbocycles. The molecule has 0 saturated heterocycles. The van der Waals surface area contributed by atoms with Gasteiger partial charge in [-0.25, -0.2) is 9.59 Å². The first-order chi connectivity index (χ1) is 11.7. The van der Waals surface area contributed by atoms with Crippen molar-refractivity contribution in [1.82, 2.24) is 4.98 Å². The second kappa shape index (κ2) is 6.02. The molecule has 1 aliphatic rings. The lowest BCUT2D eigenvalue weighted by Crippen LogP contribution is -2.37. The summed E-state index contributed by atoms with van der Waals surface area (Å²) in [5, 5.41) is 0.736. The van der Waals surface area contributed by atoms with Gasteiger partial charge in [0.25, 0.3) is 0 Å². The first kappa shape index (κ1) is 17.2. The molecule has 1 heterocycles. The molecule has 1 fully saturated rings. The summed E-state index contributed by atoms with van der Waals surface area (Å²) in [5.74, 6) is -0.493. The van der Waals surface area contributed by atoms with Crippen molar-refractivity contribution in [3.63, 3.8) is 0 Å². The maximum Gasteiger partial charge on any atom is 0.351 e. The van der Waals surface area contributed by atoms with Gasteiger partial charge in [0, 0.05) is 24.4 Å². The van der Waals surface area contributed by atoms with E-state index < -0.39 is 23.1 Å². The lowest BCUT2D eigenvalue weighted by molar-refractivity contribution is -0.165. The van der Waals surface area contributed by atoms with E-state index in [-0.39, 0.29) is 0 Å². The lowest BCUT2D eigenvalue weighted by Gasteiger charge is -2.24. The minimum atomic E-state index is -1.01. The zero-order valence-corrected chi connectivity index (χ0v) is 14.8. The number of methoxy groups -OCH3 is 1. The number of benzene rings is 1. The van der Waals surface area contributed by atoms with Crippen LogP contribution in [0.2, 0.25) is 0 Å². The van der Waals surface area contributed by atoms with Crippen LogP contribution in [0.15, 0.2) is 30.5 Å². The van der Waals surface area contributed by atoms with Crippen LogP contribution in [0, 0.1) is 0 Å². The van der Waals surface area contributed by atoms with E-state index in [1.807, 2.05) is 26.8 Å². The Morgan fingerprint density at radius 2 is 1.92 bits per heavy atom. The summed E-state index contributed by atoms with van der Waals surface area (Å²) in [4.78, 5) is 28.7. The highest BCUT2D eigenvalue weighted by Crippen LogP contribution is 2.44. The van der Waals surface area contributed by atoms with Gasteiger partial charge in [-0.05, 0) is 39.0 Å². The molecular formula is C19H21NO5. The fraction of sp³-hybridized carbons (Fsp3) is 0.421. The van der Waals surface area contributed by atoms with Crippen molar-refractivity contribution in [2.75, 3.05) is 7.11 Å². The zero-order chi connectivity index (χ0) is 18.2. The number of fused-ring (bicyclic) bond motifs is 1. The molecule has 0 amide bonds. The molecule has 1 aromatic heterocycles. The van der Waals surface area contributed by atoms with Crippen LogP contribution in [-0.2, 0) is 14.3 Å². The minimum absolute atomic E-state index is 0.345. The quantitative estimate of drug-likeness (QED) is 0.793. The second-order valence-electron chi connectivity index (χ2n) is 7.14. The van der Waals surface area contributed by atoms with Gasteiger partial charge in [-0.3, -0.25) is 4.98 Å². The van der Waals surface area contributed by atoms with Crippen molar-refractivity contribution in [1.29, 1.82) is 0 Å². The SMILES string of the molecule is COC(=O)c1cc(OC2(C(=O)OC(C)(C)C)CC2)c2ncccc2c1. The Labute approximate surface area is 146 Å². The van der Waals surface area contributed by atoms with Crippen LogP contribution in [0.1, 0.15) is 44.0 Å². The summed E-state index contributed by atoms with van der Waals surface area (Å²) in [6, 6.07) is 6.85. The molecule has 0 N–H and O–H groups in total. The maximum atomic E-state index is 12.5. The minimum Gasteiger partial charge on any atom is -0.473 e. The Balaban J connectivity index is 1.98. The molecule has 0 atom stereocenters. The molecule has 1 aromatic carbocycles. The van der Waals surface area contributed by atoms with Gasteiger partial charge in [-0.15, -0.1) is 0 Å². The fourth-order valence-corrected chi connectivity index (χ4v) is 2.52. The molecule has 0 bridgehead atoms. The van der Waals surface area contributed by atoms with E-state index in [9.17, 15) is 9.59 Å². The monoisotopic (exact) mass is 343 g/mol. The summed E-state index contributed by atoms with van der Waals surface area (Å²) in [7, 11) is 1.32. The van der Waals surface area contributed by atoms with Crippen LogP contribution >= 0.6 is 0 Å². The van der Waals surface area contributed by atoms with E-state index in [0.29, 0.717) is 29.7 Å². The normalized spacial score (nSPS) is 15.5. The third-order valence-corrected chi connectivity index (χ3v) is 3.87.